The van der Waals surface area contributed by atoms with Crippen molar-refractivity contribution in [2.24, 2.45) is 0 Å². The number of hydrogen-bond donors (Lipinski definition) is 1. The number of amides is 1. The minimum Gasteiger partial charge on any atom is -0.489 e. The second-order valence-corrected chi connectivity index (χ2v) is 7.56. The van der Waals surface area contributed by atoms with Crippen LogP contribution < -0.4 is 10.1 Å². The van der Waals surface area contributed by atoms with Gasteiger partial charge in [0.1, 0.15) is 12.4 Å². The molecule has 5 nitrogen and oxygen atoms in total. The number of carbonyl (C=O) groups is 2. The lowest BCUT2D eigenvalue weighted by Crippen LogP contribution is -2.51. The van der Waals surface area contributed by atoms with Gasteiger partial charge in [0.25, 0.3) is 5.91 Å². The molecule has 1 amide bonds. The van der Waals surface area contributed by atoms with Gasteiger partial charge in [-0.2, -0.15) is 0 Å². The molecule has 30 heavy (non-hydrogen) atoms. The van der Waals surface area contributed by atoms with E-state index in [-0.39, 0.29) is 5.91 Å². The molecule has 1 atom stereocenters. The summed E-state index contributed by atoms with van der Waals surface area (Å²) in [7, 11) is 0. The Morgan fingerprint density at radius 3 is 2.43 bits per heavy atom. The summed E-state index contributed by atoms with van der Waals surface area (Å²) in [4.78, 5) is 25.0. The first-order valence-corrected chi connectivity index (χ1v) is 9.89. The maximum Gasteiger partial charge on any atom is 0.339 e. The van der Waals surface area contributed by atoms with Crippen molar-refractivity contribution < 1.29 is 19.1 Å². The van der Waals surface area contributed by atoms with E-state index in [1.807, 2.05) is 66.7 Å². The fourth-order valence-electron chi connectivity index (χ4n) is 3.47. The van der Waals surface area contributed by atoms with Crippen molar-refractivity contribution in [1.82, 2.24) is 5.32 Å². The first-order chi connectivity index (χ1) is 14.5. The standard InChI is InChI=1S/C25H23NO4/c1-25(15-20-9-5-6-10-22(20)23(27)30-25)24(28)26-16-18-11-13-21(14-12-18)29-17-19-7-3-2-4-8-19/h2-14H,15-17H2,1H3,(H,26,28). The van der Waals surface area contributed by atoms with Gasteiger partial charge < -0.3 is 14.8 Å². The average Bonchev–Trinajstić information content (AvgIpc) is 2.77. The Balaban J connectivity index is 1.33. The van der Waals surface area contributed by atoms with E-state index in [4.69, 9.17) is 9.47 Å². The second-order valence-electron chi connectivity index (χ2n) is 7.56. The number of hydrogen-bond acceptors (Lipinski definition) is 4. The van der Waals surface area contributed by atoms with Crippen LogP contribution in [0.2, 0.25) is 0 Å². The SMILES string of the molecule is CC1(C(=O)NCc2ccc(OCc3ccccc3)cc2)Cc2ccccc2C(=O)O1. The van der Waals surface area contributed by atoms with Crippen LogP contribution in [0.1, 0.15) is 34.0 Å². The first kappa shape index (κ1) is 19.7. The molecule has 3 aromatic rings. The van der Waals surface area contributed by atoms with Crippen LogP contribution in [-0.2, 0) is 29.1 Å². The largest absolute Gasteiger partial charge is 0.489 e. The summed E-state index contributed by atoms with van der Waals surface area (Å²) in [5.74, 6) is -0.0112. The molecule has 0 spiro atoms. The number of rotatable bonds is 6. The molecule has 1 aliphatic rings. The molecule has 0 saturated carbocycles. The summed E-state index contributed by atoms with van der Waals surface area (Å²) in [6, 6.07) is 24.8. The van der Waals surface area contributed by atoms with Gasteiger partial charge in [-0.15, -0.1) is 0 Å². The van der Waals surface area contributed by atoms with E-state index < -0.39 is 11.6 Å². The molecular weight excluding hydrogens is 378 g/mol. The van der Waals surface area contributed by atoms with Crippen molar-refractivity contribution in [2.45, 2.75) is 32.1 Å². The van der Waals surface area contributed by atoms with Crippen LogP contribution in [0, 0.1) is 0 Å². The zero-order chi connectivity index (χ0) is 21.0. The second kappa shape index (κ2) is 8.41. The maximum atomic E-state index is 12.8. The molecule has 1 aliphatic heterocycles. The fourth-order valence-corrected chi connectivity index (χ4v) is 3.47. The molecule has 1 unspecified atom stereocenters. The Bertz CT molecular complexity index is 1050. The number of ether oxygens (including phenoxy) is 2. The smallest absolute Gasteiger partial charge is 0.339 e. The lowest BCUT2D eigenvalue weighted by Gasteiger charge is -2.33. The van der Waals surface area contributed by atoms with Crippen molar-refractivity contribution in [1.29, 1.82) is 0 Å². The molecular formula is C25H23NO4. The van der Waals surface area contributed by atoms with Gasteiger partial charge in [0, 0.05) is 13.0 Å². The first-order valence-electron chi connectivity index (χ1n) is 9.89. The van der Waals surface area contributed by atoms with Gasteiger partial charge in [-0.1, -0.05) is 60.7 Å². The van der Waals surface area contributed by atoms with E-state index in [2.05, 4.69) is 5.32 Å². The third-order valence-electron chi connectivity index (χ3n) is 5.19. The highest BCUT2D eigenvalue weighted by Gasteiger charge is 2.42. The summed E-state index contributed by atoms with van der Waals surface area (Å²) in [5.41, 5.74) is 2.16. The molecule has 0 aromatic heterocycles. The maximum absolute atomic E-state index is 12.8. The zero-order valence-electron chi connectivity index (χ0n) is 16.8. The van der Waals surface area contributed by atoms with Crippen molar-refractivity contribution in [3.05, 3.63) is 101 Å². The van der Waals surface area contributed by atoms with Crippen molar-refractivity contribution in [3.8, 4) is 5.75 Å². The van der Waals surface area contributed by atoms with Gasteiger partial charge in [-0.3, -0.25) is 4.79 Å². The molecule has 0 fully saturated rings. The number of nitrogens with one attached hydrogen (secondary N) is 1. The summed E-state index contributed by atoms with van der Waals surface area (Å²) in [6.07, 6.45) is 0.354. The lowest BCUT2D eigenvalue weighted by atomic mass is 9.89. The average molecular weight is 401 g/mol. The Kier molecular flexibility index (Phi) is 5.53. The van der Waals surface area contributed by atoms with Gasteiger partial charge >= 0.3 is 5.97 Å². The van der Waals surface area contributed by atoms with Gasteiger partial charge in [0.2, 0.25) is 0 Å². The number of cyclic esters (lactones) is 1. The predicted molar refractivity (Wildman–Crippen MR) is 113 cm³/mol. The third kappa shape index (κ3) is 4.35. The number of benzene rings is 3. The van der Waals surface area contributed by atoms with E-state index >= 15 is 0 Å². The Morgan fingerprint density at radius 2 is 1.67 bits per heavy atom. The van der Waals surface area contributed by atoms with Gasteiger partial charge in [0.05, 0.1) is 5.56 Å². The van der Waals surface area contributed by atoms with Crippen LogP contribution in [-0.4, -0.2) is 17.5 Å². The van der Waals surface area contributed by atoms with E-state index in [0.29, 0.717) is 25.1 Å². The molecule has 1 heterocycles. The number of carbonyl (C=O) groups excluding carboxylic acids is 2. The predicted octanol–water partition coefficient (Wildman–Crippen LogP) is 4.05. The van der Waals surface area contributed by atoms with Gasteiger partial charge in [-0.25, -0.2) is 4.79 Å². The minimum atomic E-state index is -1.22. The monoisotopic (exact) mass is 401 g/mol. The Hall–Kier alpha value is -3.60. The van der Waals surface area contributed by atoms with Gasteiger partial charge in [-0.05, 0) is 41.8 Å². The Labute approximate surface area is 175 Å². The van der Waals surface area contributed by atoms with E-state index in [1.165, 1.54) is 0 Å². The summed E-state index contributed by atoms with van der Waals surface area (Å²) in [5, 5.41) is 2.88. The molecule has 4 rings (SSSR count). The van der Waals surface area contributed by atoms with Crippen LogP contribution in [0.3, 0.4) is 0 Å². The highest BCUT2D eigenvalue weighted by Crippen LogP contribution is 2.28. The van der Waals surface area contributed by atoms with Crippen LogP contribution in [0.5, 0.6) is 5.75 Å². The van der Waals surface area contributed by atoms with E-state index in [0.717, 1.165) is 22.4 Å². The molecule has 0 saturated heterocycles. The normalized spacial score (nSPS) is 17.6. The van der Waals surface area contributed by atoms with Crippen LogP contribution in [0.4, 0.5) is 0 Å². The lowest BCUT2D eigenvalue weighted by molar-refractivity contribution is -0.139. The molecule has 0 aliphatic carbocycles. The van der Waals surface area contributed by atoms with Crippen molar-refractivity contribution in [2.75, 3.05) is 0 Å². The molecule has 1 N–H and O–H groups in total. The Morgan fingerprint density at radius 1 is 0.967 bits per heavy atom. The molecule has 152 valence electrons. The highest BCUT2D eigenvalue weighted by atomic mass is 16.6. The quantitative estimate of drug-likeness (QED) is 0.633. The van der Waals surface area contributed by atoms with Crippen molar-refractivity contribution >= 4 is 11.9 Å². The topological polar surface area (TPSA) is 64.6 Å². The van der Waals surface area contributed by atoms with E-state index in [9.17, 15) is 9.59 Å². The fraction of sp³-hybridized carbons (Fsp3) is 0.200. The van der Waals surface area contributed by atoms with Crippen LogP contribution in [0.15, 0.2) is 78.9 Å². The molecule has 3 aromatic carbocycles. The number of fused-ring (bicyclic) bond motifs is 1. The highest BCUT2D eigenvalue weighted by molar-refractivity contribution is 5.97. The van der Waals surface area contributed by atoms with E-state index in [1.54, 1.807) is 19.1 Å². The summed E-state index contributed by atoms with van der Waals surface area (Å²) in [6.45, 7) is 2.49. The number of esters is 1. The van der Waals surface area contributed by atoms with Crippen LogP contribution in [0.25, 0.3) is 0 Å². The molecule has 0 bridgehead atoms. The zero-order valence-corrected chi connectivity index (χ0v) is 16.8. The summed E-state index contributed by atoms with van der Waals surface area (Å²) >= 11 is 0. The van der Waals surface area contributed by atoms with Gasteiger partial charge in [0.15, 0.2) is 5.60 Å². The molecule has 5 heteroatoms. The van der Waals surface area contributed by atoms with Crippen molar-refractivity contribution in [3.63, 3.8) is 0 Å². The summed E-state index contributed by atoms with van der Waals surface area (Å²) < 4.78 is 11.3. The third-order valence-corrected chi connectivity index (χ3v) is 5.19. The van der Waals surface area contributed by atoms with Crippen LogP contribution >= 0.6 is 0 Å². The molecule has 0 radical (unpaired) electrons. The minimum absolute atomic E-state index is 0.310.